The molecule has 0 saturated carbocycles. The van der Waals surface area contributed by atoms with Crippen molar-refractivity contribution in [2.24, 2.45) is 0 Å². The minimum absolute atomic E-state index is 0.0284. The van der Waals surface area contributed by atoms with E-state index >= 15 is 0 Å². The smallest absolute Gasteiger partial charge is 0.312 e. The Bertz CT molecular complexity index is 403. The number of aliphatic hydroxyl groups is 1. The average Bonchev–Trinajstić information content (AvgIpc) is 2.51. The fourth-order valence-corrected chi connectivity index (χ4v) is 1.70. The van der Waals surface area contributed by atoms with E-state index in [4.69, 9.17) is 0 Å². The van der Waals surface area contributed by atoms with Crippen LogP contribution < -0.4 is 5.32 Å². The molecule has 1 rings (SSSR count). The molecule has 0 fully saturated rings. The van der Waals surface area contributed by atoms with Gasteiger partial charge in [-0.1, -0.05) is 6.92 Å². The normalized spacial score (nSPS) is 12.7. The van der Waals surface area contributed by atoms with Gasteiger partial charge in [0, 0.05) is 6.54 Å². The second-order valence-corrected chi connectivity index (χ2v) is 3.92. The number of nitrogens with one attached hydrogen (secondary N) is 1. The molecule has 0 saturated heterocycles. The Hall–Kier alpha value is -1.47. The number of nitro groups is 1. The van der Waals surface area contributed by atoms with Crippen molar-refractivity contribution in [2.45, 2.75) is 33.4 Å². The zero-order valence-corrected chi connectivity index (χ0v) is 10.3. The number of aliphatic hydroxyl groups excluding tert-OH is 1. The topological polar surface area (TPSA) is 93.2 Å². The van der Waals surface area contributed by atoms with Crippen LogP contribution in [0.3, 0.4) is 0 Å². The minimum Gasteiger partial charge on any atom is -0.390 e. The molecular weight excluding hydrogens is 224 g/mol. The summed E-state index contributed by atoms with van der Waals surface area (Å²) in [5, 5.41) is 27.6. The van der Waals surface area contributed by atoms with E-state index in [9.17, 15) is 15.2 Å². The van der Waals surface area contributed by atoms with Crippen molar-refractivity contribution in [3.63, 3.8) is 0 Å². The quantitative estimate of drug-likeness (QED) is 0.555. The van der Waals surface area contributed by atoms with Crippen molar-refractivity contribution in [1.29, 1.82) is 0 Å². The molecule has 0 aromatic carbocycles. The number of aryl methyl sites for hydroxylation is 1. The largest absolute Gasteiger partial charge is 0.390 e. The van der Waals surface area contributed by atoms with Crippen molar-refractivity contribution in [1.82, 2.24) is 15.1 Å². The van der Waals surface area contributed by atoms with Crippen LogP contribution in [0.1, 0.15) is 18.3 Å². The van der Waals surface area contributed by atoms with Gasteiger partial charge in [0.1, 0.15) is 11.4 Å². The van der Waals surface area contributed by atoms with Crippen LogP contribution in [0, 0.1) is 24.0 Å². The fraction of sp³-hybridized carbons (Fsp3) is 0.700. The van der Waals surface area contributed by atoms with Gasteiger partial charge in [-0.15, -0.1) is 0 Å². The average molecular weight is 242 g/mol. The summed E-state index contributed by atoms with van der Waals surface area (Å²) in [6.45, 7) is 6.65. The molecule has 7 heteroatoms. The van der Waals surface area contributed by atoms with Gasteiger partial charge in [0.2, 0.25) is 0 Å². The highest BCUT2D eigenvalue weighted by Gasteiger charge is 2.22. The van der Waals surface area contributed by atoms with Crippen molar-refractivity contribution in [3.8, 4) is 0 Å². The van der Waals surface area contributed by atoms with Crippen LogP contribution in [-0.4, -0.2) is 39.0 Å². The van der Waals surface area contributed by atoms with Gasteiger partial charge < -0.3 is 10.4 Å². The monoisotopic (exact) mass is 242 g/mol. The van der Waals surface area contributed by atoms with Crippen LogP contribution in [0.2, 0.25) is 0 Å². The molecule has 0 amide bonds. The lowest BCUT2D eigenvalue weighted by Crippen LogP contribution is -2.30. The van der Waals surface area contributed by atoms with Crippen molar-refractivity contribution >= 4 is 5.69 Å². The molecule has 1 unspecified atom stereocenters. The van der Waals surface area contributed by atoms with Gasteiger partial charge in [-0.25, -0.2) is 0 Å². The summed E-state index contributed by atoms with van der Waals surface area (Å²) in [6.07, 6.45) is -0.604. The first-order valence-electron chi connectivity index (χ1n) is 5.54. The number of likely N-dealkylation sites (N-methyl/N-ethyl adjacent to an activating group) is 1. The van der Waals surface area contributed by atoms with Gasteiger partial charge in [0.05, 0.1) is 17.6 Å². The Morgan fingerprint density at radius 1 is 1.59 bits per heavy atom. The maximum Gasteiger partial charge on any atom is 0.312 e. The molecule has 0 spiro atoms. The third kappa shape index (κ3) is 3.24. The zero-order chi connectivity index (χ0) is 13.0. The number of nitrogens with zero attached hydrogens (tertiary/aromatic N) is 3. The highest BCUT2D eigenvalue weighted by atomic mass is 16.6. The fourth-order valence-electron chi connectivity index (χ4n) is 1.70. The highest BCUT2D eigenvalue weighted by molar-refractivity contribution is 5.39. The maximum atomic E-state index is 10.8. The summed E-state index contributed by atoms with van der Waals surface area (Å²) >= 11 is 0. The van der Waals surface area contributed by atoms with Crippen molar-refractivity contribution in [3.05, 3.63) is 21.5 Å². The lowest BCUT2D eigenvalue weighted by Gasteiger charge is -2.11. The van der Waals surface area contributed by atoms with Gasteiger partial charge >= 0.3 is 5.69 Å². The van der Waals surface area contributed by atoms with E-state index in [0.29, 0.717) is 17.9 Å². The molecule has 0 bridgehead atoms. The molecule has 96 valence electrons. The van der Waals surface area contributed by atoms with Crippen molar-refractivity contribution in [2.75, 3.05) is 13.1 Å². The predicted molar refractivity (Wildman–Crippen MR) is 62.9 cm³/mol. The van der Waals surface area contributed by atoms with E-state index in [1.54, 1.807) is 13.8 Å². The molecule has 0 aliphatic rings. The Morgan fingerprint density at radius 3 is 2.71 bits per heavy atom. The van der Waals surface area contributed by atoms with Crippen LogP contribution in [0.4, 0.5) is 5.69 Å². The predicted octanol–water partition coefficient (Wildman–Crippen LogP) is 0.379. The van der Waals surface area contributed by atoms with Gasteiger partial charge in [0.25, 0.3) is 0 Å². The third-order valence-corrected chi connectivity index (χ3v) is 2.54. The number of rotatable bonds is 6. The van der Waals surface area contributed by atoms with Crippen LogP contribution >= 0.6 is 0 Å². The van der Waals surface area contributed by atoms with Crippen LogP contribution in [0.25, 0.3) is 0 Å². The van der Waals surface area contributed by atoms with E-state index in [1.165, 1.54) is 4.68 Å². The lowest BCUT2D eigenvalue weighted by molar-refractivity contribution is -0.386. The molecular formula is C10H18N4O3. The zero-order valence-electron chi connectivity index (χ0n) is 10.3. The molecule has 1 aromatic heterocycles. The summed E-state index contributed by atoms with van der Waals surface area (Å²) in [5.74, 6) is 0. The van der Waals surface area contributed by atoms with E-state index < -0.39 is 11.0 Å². The molecule has 1 aromatic rings. The Kier molecular flexibility index (Phi) is 4.59. The van der Waals surface area contributed by atoms with E-state index in [-0.39, 0.29) is 12.2 Å². The summed E-state index contributed by atoms with van der Waals surface area (Å²) in [6, 6.07) is 0. The van der Waals surface area contributed by atoms with Crippen LogP contribution in [-0.2, 0) is 6.54 Å². The van der Waals surface area contributed by atoms with Gasteiger partial charge in [-0.05, 0) is 20.4 Å². The molecule has 0 aliphatic carbocycles. The molecule has 1 heterocycles. The molecule has 1 atom stereocenters. The van der Waals surface area contributed by atoms with E-state index in [0.717, 1.165) is 6.54 Å². The second kappa shape index (κ2) is 5.74. The number of aromatic nitrogens is 2. The minimum atomic E-state index is -0.604. The lowest BCUT2D eigenvalue weighted by atomic mass is 10.3. The van der Waals surface area contributed by atoms with Gasteiger partial charge in [0.15, 0.2) is 0 Å². The highest BCUT2D eigenvalue weighted by Crippen LogP contribution is 2.21. The first-order chi connectivity index (χ1) is 7.97. The number of hydrogen-bond donors (Lipinski definition) is 2. The molecule has 2 N–H and O–H groups in total. The number of hydrogen-bond acceptors (Lipinski definition) is 5. The van der Waals surface area contributed by atoms with Gasteiger partial charge in [-0.2, -0.15) is 5.10 Å². The Labute approximate surface area is 99.6 Å². The van der Waals surface area contributed by atoms with Crippen LogP contribution in [0.15, 0.2) is 0 Å². The summed E-state index contributed by atoms with van der Waals surface area (Å²) in [7, 11) is 0. The Morgan fingerprint density at radius 2 is 2.24 bits per heavy atom. The Balaban J connectivity index is 2.79. The third-order valence-electron chi connectivity index (χ3n) is 2.54. The SMILES string of the molecule is CCNCC(O)Cn1nc(C)c([N+](=O)[O-])c1C. The van der Waals surface area contributed by atoms with Crippen molar-refractivity contribution < 1.29 is 10.0 Å². The molecule has 0 radical (unpaired) electrons. The first-order valence-corrected chi connectivity index (χ1v) is 5.54. The molecule has 7 nitrogen and oxygen atoms in total. The second-order valence-electron chi connectivity index (χ2n) is 3.92. The summed E-state index contributed by atoms with van der Waals surface area (Å²) in [4.78, 5) is 10.4. The molecule has 17 heavy (non-hydrogen) atoms. The first kappa shape index (κ1) is 13.6. The standard InChI is InChI=1S/C10H18N4O3/c1-4-11-5-9(15)6-13-8(3)10(14(16)17)7(2)12-13/h9,11,15H,4-6H2,1-3H3. The maximum absolute atomic E-state index is 10.8. The van der Waals surface area contributed by atoms with E-state index in [2.05, 4.69) is 10.4 Å². The van der Waals surface area contributed by atoms with E-state index in [1.807, 2.05) is 6.92 Å². The summed E-state index contributed by atoms with van der Waals surface area (Å²) < 4.78 is 1.48. The van der Waals surface area contributed by atoms with Gasteiger partial charge in [-0.3, -0.25) is 14.8 Å². The van der Waals surface area contributed by atoms with Crippen LogP contribution in [0.5, 0.6) is 0 Å². The molecule has 0 aliphatic heterocycles. The summed E-state index contributed by atoms with van der Waals surface area (Å²) in [5.41, 5.74) is 0.881.